The summed E-state index contributed by atoms with van der Waals surface area (Å²) in [5.74, 6) is -6.92. The van der Waals surface area contributed by atoms with Gasteiger partial charge in [-0.15, -0.1) is 0 Å². The minimum atomic E-state index is -1.33. The minimum Gasteiger partial charge on any atom is -0.481 e. The molecule has 0 aliphatic carbocycles. The van der Waals surface area contributed by atoms with Gasteiger partial charge in [-0.2, -0.15) is 0 Å². The highest BCUT2D eigenvalue weighted by Crippen LogP contribution is 2.42. The average molecular weight is 617 g/mol. The molecule has 1 aliphatic heterocycles. The third-order valence-electron chi connectivity index (χ3n) is 7.28. The van der Waals surface area contributed by atoms with Crippen molar-refractivity contribution in [3.8, 4) is 11.4 Å². The molecule has 2 heterocycles. The summed E-state index contributed by atoms with van der Waals surface area (Å²) in [6.07, 6.45) is -4.09. The fraction of sp³-hybridized carbons (Fsp3) is 0.379. The van der Waals surface area contributed by atoms with Crippen molar-refractivity contribution in [1.29, 1.82) is 0 Å². The van der Waals surface area contributed by atoms with E-state index in [1.165, 1.54) is 16.7 Å². The molecule has 2 aromatic carbocycles. The molecule has 3 N–H and O–H groups in total. The number of esters is 1. The number of benzene rings is 2. The number of aliphatic carboxylic acids is 3. The van der Waals surface area contributed by atoms with E-state index in [0.717, 1.165) is 6.92 Å². The zero-order valence-electron chi connectivity index (χ0n) is 23.1. The summed E-state index contributed by atoms with van der Waals surface area (Å²) in [6, 6.07) is 11.1. The van der Waals surface area contributed by atoms with Gasteiger partial charge in [-0.1, -0.05) is 17.7 Å². The summed E-state index contributed by atoms with van der Waals surface area (Å²) in [6.45, 7) is 2.42. The van der Waals surface area contributed by atoms with Gasteiger partial charge in [0.15, 0.2) is 0 Å². The number of ether oxygens (including phenoxy) is 3. The number of carbonyl (C=O) groups excluding carboxylic acids is 1. The Hall–Kier alpha value is -4.49. The van der Waals surface area contributed by atoms with Crippen molar-refractivity contribution in [1.82, 2.24) is 9.55 Å². The van der Waals surface area contributed by atoms with Crippen LogP contribution in [0.25, 0.3) is 16.6 Å². The molecule has 14 heteroatoms. The number of hydrogen-bond acceptors (Lipinski definition) is 9. The molecule has 1 saturated heterocycles. The number of fused-ring (bicyclic) bond motifs is 1. The number of hydrogen-bond donors (Lipinski definition) is 3. The number of aromatic nitrogens is 2. The Labute approximate surface area is 249 Å². The third kappa shape index (κ3) is 7.30. The topological polar surface area (TPSA) is 192 Å². The molecule has 1 aliphatic rings. The van der Waals surface area contributed by atoms with E-state index in [9.17, 15) is 39.3 Å². The molecule has 0 unspecified atom stereocenters. The second kappa shape index (κ2) is 13.2. The van der Waals surface area contributed by atoms with Crippen molar-refractivity contribution < 1.29 is 48.7 Å². The second-order valence-corrected chi connectivity index (χ2v) is 10.6. The van der Waals surface area contributed by atoms with Crippen LogP contribution < -0.4 is 10.3 Å². The van der Waals surface area contributed by atoms with Gasteiger partial charge in [-0.3, -0.25) is 28.5 Å². The molecule has 4 rings (SSSR count). The third-order valence-corrected chi connectivity index (χ3v) is 7.59. The van der Waals surface area contributed by atoms with Crippen LogP contribution in [0.5, 0.6) is 5.75 Å². The van der Waals surface area contributed by atoms with Crippen LogP contribution >= 0.6 is 11.6 Å². The molecule has 0 saturated carbocycles. The van der Waals surface area contributed by atoms with E-state index in [2.05, 4.69) is 4.98 Å². The monoisotopic (exact) mass is 616 g/mol. The maximum Gasteiger partial charge on any atom is 0.303 e. The largest absolute Gasteiger partial charge is 0.481 e. The van der Waals surface area contributed by atoms with Gasteiger partial charge < -0.3 is 29.5 Å². The summed E-state index contributed by atoms with van der Waals surface area (Å²) >= 11 is 6.21. The highest BCUT2D eigenvalue weighted by Gasteiger charge is 2.49. The molecule has 1 aromatic heterocycles. The van der Waals surface area contributed by atoms with Crippen molar-refractivity contribution in [2.24, 2.45) is 17.8 Å². The first kappa shape index (κ1) is 31.4. The molecule has 228 valence electrons. The molecule has 5 atom stereocenters. The van der Waals surface area contributed by atoms with Crippen LogP contribution in [0.4, 0.5) is 0 Å². The molecule has 43 heavy (non-hydrogen) atoms. The Morgan fingerprint density at radius 3 is 2.14 bits per heavy atom. The van der Waals surface area contributed by atoms with Crippen molar-refractivity contribution in [2.45, 2.75) is 45.5 Å². The average Bonchev–Trinajstić information content (AvgIpc) is 2.92. The van der Waals surface area contributed by atoms with E-state index >= 15 is 0 Å². The number of nitrogens with zero attached hydrogens (tertiary/aromatic N) is 2. The number of para-hydroxylation sites is 1. The lowest BCUT2D eigenvalue weighted by Gasteiger charge is -2.45. The van der Waals surface area contributed by atoms with E-state index in [4.69, 9.17) is 25.8 Å². The first-order valence-electron chi connectivity index (χ1n) is 13.2. The summed E-state index contributed by atoms with van der Waals surface area (Å²) < 4.78 is 18.5. The fourth-order valence-electron chi connectivity index (χ4n) is 5.48. The van der Waals surface area contributed by atoms with Crippen molar-refractivity contribution >= 4 is 46.4 Å². The number of aryl methyl sites for hydroxylation is 1. The molecule has 0 radical (unpaired) electrons. The van der Waals surface area contributed by atoms with Gasteiger partial charge in [-0.25, -0.2) is 4.98 Å². The van der Waals surface area contributed by atoms with Crippen molar-refractivity contribution in [2.75, 3.05) is 6.61 Å². The van der Waals surface area contributed by atoms with Crippen LogP contribution in [0, 0.1) is 24.7 Å². The lowest BCUT2D eigenvalue weighted by Crippen LogP contribution is -2.53. The van der Waals surface area contributed by atoms with Gasteiger partial charge in [0, 0.05) is 25.2 Å². The normalized spacial score (nSPS) is 21.7. The maximum absolute atomic E-state index is 13.3. The summed E-state index contributed by atoms with van der Waals surface area (Å²) in [5.41, 5.74) is 0.487. The highest BCUT2D eigenvalue weighted by atomic mass is 35.5. The molecule has 0 amide bonds. The zero-order chi connectivity index (χ0) is 31.4. The summed E-state index contributed by atoms with van der Waals surface area (Å²) in [5, 5.41) is 29.4. The Morgan fingerprint density at radius 1 is 0.930 bits per heavy atom. The Balaban J connectivity index is 1.68. The van der Waals surface area contributed by atoms with Gasteiger partial charge in [0.05, 0.1) is 40.6 Å². The van der Waals surface area contributed by atoms with Crippen LogP contribution in [0.2, 0.25) is 5.02 Å². The number of carboxylic acids is 3. The smallest absolute Gasteiger partial charge is 0.303 e. The van der Waals surface area contributed by atoms with Gasteiger partial charge in [0.2, 0.25) is 6.29 Å². The van der Waals surface area contributed by atoms with E-state index < -0.39 is 73.3 Å². The van der Waals surface area contributed by atoms with Gasteiger partial charge in [0.1, 0.15) is 18.2 Å². The fourth-order valence-corrected chi connectivity index (χ4v) is 5.69. The SMILES string of the molecule is CC(=O)OC[C@H]1O[C@@H](Oc2ccc(-n3c(C)nc4c(Cl)cccc4c3=O)cc2)[C@@H](CC(=O)O)[C@H](CC(=O)O)[C@@H]1CC(=O)O. The van der Waals surface area contributed by atoms with Gasteiger partial charge in [0.25, 0.3) is 5.56 Å². The maximum atomic E-state index is 13.3. The molecule has 13 nitrogen and oxygen atoms in total. The van der Waals surface area contributed by atoms with E-state index in [1.54, 1.807) is 37.3 Å². The molecule has 0 bridgehead atoms. The lowest BCUT2D eigenvalue weighted by molar-refractivity contribution is -0.237. The van der Waals surface area contributed by atoms with Crippen molar-refractivity contribution in [3.05, 3.63) is 63.7 Å². The Kier molecular flexibility index (Phi) is 9.66. The molecule has 1 fully saturated rings. The van der Waals surface area contributed by atoms with Crippen LogP contribution in [0.1, 0.15) is 32.0 Å². The van der Waals surface area contributed by atoms with Crippen LogP contribution in [-0.2, 0) is 28.7 Å². The quantitative estimate of drug-likeness (QED) is 0.267. The van der Waals surface area contributed by atoms with Crippen LogP contribution in [0.15, 0.2) is 47.3 Å². The second-order valence-electron chi connectivity index (χ2n) is 10.2. The minimum absolute atomic E-state index is 0.198. The number of rotatable bonds is 11. The van der Waals surface area contributed by atoms with Crippen LogP contribution in [0.3, 0.4) is 0 Å². The first-order chi connectivity index (χ1) is 20.3. The predicted octanol–water partition coefficient (Wildman–Crippen LogP) is 3.29. The number of carbonyl (C=O) groups is 4. The van der Waals surface area contributed by atoms with Crippen LogP contribution in [-0.4, -0.2) is 67.7 Å². The summed E-state index contributed by atoms with van der Waals surface area (Å²) in [7, 11) is 0. The highest BCUT2D eigenvalue weighted by molar-refractivity contribution is 6.35. The number of carboxylic acid groups (broad SMARTS) is 3. The Bertz CT molecular complexity index is 1600. The number of halogens is 1. The summed E-state index contributed by atoms with van der Waals surface area (Å²) in [4.78, 5) is 64.5. The molecule has 3 aromatic rings. The van der Waals surface area contributed by atoms with Crippen molar-refractivity contribution in [3.63, 3.8) is 0 Å². The molecular formula is C29H29ClN2O11. The van der Waals surface area contributed by atoms with Gasteiger partial charge >= 0.3 is 23.9 Å². The van der Waals surface area contributed by atoms with E-state index in [1.807, 2.05) is 0 Å². The van der Waals surface area contributed by atoms with E-state index in [-0.39, 0.29) is 17.9 Å². The molecule has 0 spiro atoms. The first-order valence-corrected chi connectivity index (χ1v) is 13.6. The predicted molar refractivity (Wildman–Crippen MR) is 150 cm³/mol. The standard InChI is InChI=1S/C29H29ClN2O11/c1-14-31-27-18(4-3-5-22(27)30)28(40)32(14)16-6-8-17(9-7-16)42-29-21(12-26(38)39)19(10-24(34)35)20(11-25(36)37)23(43-29)13-41-15(2)33/h3-9,19-21,23,29H,10-13H2,1-2H3,(H,34,35)(H,36,37)(H,38,39)/t19-,20+,21+,23-,29-/m1/s1. The zero-order valence-corrected chi connectivity index (χ0v) is 23.9. The van der Waals surface area contributed by atoms with E-state index in [0.29, 0.717) is 27.4 Å². The molecular weight excluding hydrogens is 588 g/mol. The lowest BCUT2D eigenvalue weighted by atomic mass is 9.71. The van der Waals surface area contributed by atoms with Gasteiger partial charge in [-0.05, 0) is 49.2 Å². The Morgan fingerprint density at radius 2 is 1.53 bits per heavy atom.